The van der Waals surface area contributed by atoms with Crippen molar-refractivity contribution < 1.29 is 39.5 Å². The summed E-state index contributed by atoms with van der Waals surface area (Å²) in [6, 6.07) is 0. The van der Waals surface area contributed by atoms with Gasteiger partial charge in [0.1, 0.15) is 18.3 Å². The van der Waals surface area contributed by atoms with E-state index in [0.29, 0.717) is 19.6 Å². The van der Waals surface area contributed by atoms with Crippen molar-refractivity contribution in [2.24, 2.45) is 11.5 Å². The molecule has 25 heavy (non-hydrogen) atoms. The van der Waals surface area contributed by atoms with Gasteiger partial charge in [-0.15, -0.1) is 0 Å². The molecule has 1 amide bonds. The van der Waals surface area contributed by atoms with Crippen LogP contribution >= 0.6 is 0 Å². The highest BCUT2D eigenvalue weighted by atomic mass is 16.5. The lowest BCUT2D eigenvalue weighted by Gasteiger charge is -2.25. The van der Waals surface area contributed by atoms with Crippen LogP contribution in [0, 0.1) is 0 Å². The van der Waals surface area contributed by atoms with E-state index < -0.39 is 36.1 Å². The molecule has 0 saturated heterocycles. The largest absolute Gasteiger partial charge is 0.387 e. The van der Waals surface area contributed by atoms with Gasteiger partial charge in [-0.25, -0.2) is 0 Å². The van der Waals surface area contributed by atoms with Crippen LogP contribution in [0.3, 0.4) is 0 Å². The molecule has 0 unspecified atom stereocenters. The maximum absolute atomic E-state index is 11.7. The van der Waals surface area contributed by atoms with Gasteiger partial charge in [-0.1, -0.05) is 0 Å². The molecule has 0 aliphatic carbocycles. The van der Waals surface area contributed by atoms with Crippen LogP contribution in [0.25, 0.3) is 0 Å². The molecule has 11 nitrogen and oxygen atoms in total. The molecule has 0 rings (SSSR count). The van der Waals surface area contributed by atoms with Crippen molar-refractivity contribution in [2.75, 3.05) is 39.6 Å². The molecule has 0 saturated carbocycles. The van der Waals surface area contributed by atoms with Gasteiger partial charge in [0.25, 0.3) is 5.91 Å². The summed E-state index contributed by atoms with van der Waals surface area (Å²) in [5.41, 5.74) is 10.3. The molecule has 148 valence electrons. The second-order valence-electron chi connectivity index (χ2n) is 5.21. The highest BCUT2D eigenvalue weighted by molar-refractivity contribution is 5.84. The maximum atomic E-state index is 11.7. The molecule has 0 aliphatic heterocycles. The van der Waals surface area contributed by atoms with Crippen LogP contribution in [0.1, 0.15) is 12.8 Å². The van der Waals surface area contributed by atoms with Gasteiger partial charge in [0.2, 0.25) is 0 Å². The summed E-state index contributed by atoms with van der Waals surface area (Å²) >= 11 is 0. The number of hydrogen-bond donors (Lipinski definition) is 7. The van der Waals surface area contributed by atoms with E-state index in [1.165, 1.54) is 0 Å². The Morgan fingerprint density at radius 1 is 0.920 bits per heavy atom. The number of aliphatic hydroxyl groups excluding tert-OH is 4. The lowest BCUT2D eigenvalue weighted by atomic mass is 9.97. The lowest BCUT2D eigenvalue weighted by Crippen LogP contribution is -2.52. The predicted molar refractivity (Wildman–Crippen MR) is 86.2 cm³/mol. The van der Waals surface area contributed by atoms with Crippen LogP contribution in [0.5, 0.6) is 0 Å². The summed E-state index contributed by atoms with van der Waals surface area (Å²) in [6.07, 6.45) is -7.82. The highest BCUT2D eigenvalue weighted by Gasteiger charge is 2.36. The second-order valence-corrected chi connectivity index (χ2v) is 5.21. The van der Waals surface area contributed by atoms with Crippen molar-refractivity contribution in [2.45, 2.75) is 37.3 Å². The molecule has 0 fully saturated rings. The Balaban J connectivity index is 4.27. The number of nitrogens with two attached hydrogens (primary N) is 2. The first kappa shape index (κ1) is 23.8. The zero-order chi connectivity index (χ0) is 19.2. The van der Waals surface area contributed by atoms with Crippen molar-refractivity contribution in [3.8, 4) is 0 Å². The van der Waals surface area contributed by atoms with Gasteiger partial charge in [0.15, 0.2) is 11.9 Å². The highest BCUT2D eigenvalue weighted by Crippen LogP contribution is 2.09. The van der Waals surface area contributed by atoms with E-state index in [9.17, 15) is 30.0 Å². The summed E-state index contributed by atoms with van der Waals surface area (Å²) in [4.78, 5) is 23.4. The molecule has 0 aromatic carbocycles. The van der Waals surface area contributed by atoms with Crippen LogP contribution in [0.4, 0.5) is 0 Å². The molecule has 0 heterocycles. The number of Topliss-reactive ketones (excluding diaryl/α,β-unsaturated/α-hetero) is 1. The van der Waals surface area contributed by atoms with Crippen LogP contribution in [-0.2, 0) is 19.1 Å². The molecule has 9 N–H and O–H groups in total. The number of carbonyl (C=O) groups excluding carboxylic acids is 2. The number of amides is 1. The third-order valence-electron chi connectivity index (χ3n) is 3.23. The van der Waals surface area contributed by atoms with Crippen LogP contribution in [0.2, 0.25) is 0 Å². The Morgan fingerprint density at radius 3 is 2.16 bits per heavy atom. The van der Waals surface area contributed by atoms with Gasteiger partial charge >= 0.3 is 0 Å². The van der Waals surface area contributed by atoms with E-state index in [0.717, 1.165) is 0 Å². The molecule has 0 bridgehead atoms. The third kappa shape index (κ3) is 9.77. The topological polar surface area (TPSA) is 198 Å². The molecule has 0 aromatic heterocycles. The normalized spacial score (nSPS) is 16.1. The fourth-order valence-corrected chi connectivity index (χ4v) is 1.84. The first-order valence-electron chi connectivity index (χ1n) is 7.95. The molecular formula is C14H29N3O8. The van der Waals surface area contributed by atoms with Crippen molar-refractivity contribution >= 4 is 11.7 Å². The fourth-order valence-electron chi connectivity index (χ4n) is 1.84. The molecule has 0 aliphatic rings. The number of ketones is 1. The van der Waals surface area contributed by atoms with Crippen molar-refractivity contribution in [3.05, 3.63) is 0 Å². The Labute approximate surface area is 145 Å². The first-order chi connectivity index (χ1) is 11.9. The molecule has 0 aromatic rings. The fraction of sp³-hybridized carbons (Fsp3) is 0.857. The number of ether oxygens (including phenoxy) is 2. The molecule has 0 radical (unpaired) electrons. The quantitative estimate of drug-likeness (QED) is 0.110. The molecule has 0 spiro atoms. The monoisotopic (exact) mass is 367 g/mol. The van der Waals surface area contributed by atoms with Gasteiger partial charge in [0.05, 0.1) is 19.9 Å². The molecular weight excluding hydrogens is 338 g/mol. The SMILES string of the molecule is NCCOCCCC(=O)[C@H](O)[C@@H](O)[C@@H](O)[C@H](O)C(=O)NCCOCN. The summed E-state index contributed by atoms with van der Waals surface area (Å²) in [5, 5.41) is 41.2. The Kier molecular flexibility index (Phi) is 13.4. The van der Waals surface area contributed by atoms with E-state index in [1.807, 2.05) is 0 Å². The van der Waals surface area contributed by atoms with E-state index in [1.54, 1.807) is 0 Å². The summed E-state index contributed by atoms with van der Waals surface area (Å²) in [7, 11) is 0. The van der Waals surface area contributed by atoms with Gasteiger partial charge in [-0.2, -0.15) is 0 Å². The van der Waals surface area contributed by atoms with Gasteiger partial charge in [0, 0.05) is 26.1 Å². The average Bonchev–Trinajstić information content (AvgIpc) is 2.62. The number of rotatable bonds is 15. The summed E-state index contributed by atoms with van der Waals surface area (Å²) < 4.78 is 9.83. The Bertz CT molecular complexity index is 385. The predicted octanol–water partition coefficient (Wildman–Crippen LogP) is -4.20. The standard InChI is InChI=1S/C14H29N3O8/c15-3-6-24-5-1-2-9(18)10(19)11(20)12(21)13(22)14(23)17-4-7-25-8-16/h10-13,19-22H,1-8,15-16H2,(H,17,23)/t10-,11+,12+,13-/m0/s1. The summed E-state index contributed by atoms with van der Waals surface area (Å²) in [5.74, 6) is -1.73. The van der Waals surface area contributed by atoms with E-state index in [-0.39, 0.29) is 32.9 Å². The average molecular weight is 367 g/mol. The minimum absolute atomic E-state index is 0.0280. The summed E-state index contributed by atoms with van der Waals surface area (Å²) in [6.45, 7) is 1.03. The zero-order valence-electron chi connectivity index (χ0n) is 14.0. The number of hydrogen-bond acceptors (Lipinski definition) is 10. The van der Waals surface area contributed by atoms with Crippen LogP contribution in [0.15, 0.2) is 0 Å². The van der Waals surface area contributed by atoms with Crippen molar-refractivity contribution in [1.29, 1.82) is 0 Å². The van der Waals surface area contributed by atoms with Gasteiger partial charge in [-0.05, 0) is 6.42 Å². The third-order valence-corrected chi connectivity index (χ3v) is 3.23. The smallest absolute Gasteiger partial charge is 0.251 e. The van der Waals surface area contributed by atoms with E-state index in [2.05, 4.69) is 5.32 Å². The lowest BCUT2D eigenvalue weighted by molar-refractivity contribution is -0.154. The minimum atomic E-state index is -2.04. The van der Waals surface area contributed by atoms with E-state index >= 15 is 0 Å². The van der Waals surface area contributed by atoms with Gasteiger partial charge < -0.3 is 46.7 Å². The van der Waals surface area contributed by atoms with Crippen molar-refractivity contribution in [1.82, 2.24) is 5.32 Å². The first-order valence-corrected chi connectivity index (χ1v) is 7.95. The van der Waals surface area contributed by atoms with Crippen LogP contribution < -0.4 is 16.8 Å². The molecule has 4 atom stereocenters. The zero-order valence-corrected chi connectivity index (χ0v) is 14.0. The molecule has 11 heteroatoms. The Morgan fingerprint density at radius 2 is 1.56 bits per heavy atom. The van der Waals surface area contributed by atoms with E-state index in [4.69, 9.17) is 20.9 Å². The minimum Gasteiger partial charge on any atom is -0.387 e. The maximum Gasteiger partial charge on any atom is 0.251 e. The number of nitrogens with one attached hydrogen (secondary N) is 1. The Hall–Kier alpha value is -1.18. The van der Waals surface area contributed by atoms with Crippen LogP contribution in [-0.4, -0.2) is 96.2 Å². The number of aliphatic hydroxyl groups is 4. The van der Waals surface area contributed by atoms with Crippen molar-refractivity contribution in [3.63, 3.8) is 0 Å². The number of carbonyl (C=O) groups is 2. The van der Waals surface area contributed by atoms with Gasteiger partial charge in [-0.3, -0.25) is 9.59 Å². The second kappa shape index (κ2) is 14.0.